The van der Waals surface area contributed by atoms with Crippen LogP contribution in [0.4, 0.5) is 0 Å². The first-order valence-corrected chi connectivity index (χ1v) is 13.8. The van der Waals surface area contributed by atoms with Crippen LogP contribution in [-0.2, 0) is 0 Å². The maximum absolute atomic E-state index is 10.1. The number of rotatable bonds is 3. The van der Waals surface area contributed by atoms with Gasteiger partial charge in [-0.25, -0.2) is 0 Å². The molecule has 0 fully saturated rings. The van der Waals surface area contributed by atoms with Crippen LogP contribution in [0, 0.1) is 30.8 Å². The predicted octanol–water partition coefficient (Wildman–Crippen LogP) is 0.623. The van der Waals surface area contributed by atoms with Gasteiger partial charge in [-0.15, -0.1) is 0 Å². The van der Waals surface area contributed by atoms with Crippen molar-refractivity contribution in [3.05, 3.63) is 97.1 Å². The molecule has 3 rings (SSSR count). The molecule has 0 saturated carbocycles. The Morgan fingerprint density at radius 2 is 1.15 bits per heavy atom. The second kappa shape index (κ2) is 9.06. The lowest BCUT2D eigenvalue weighted by molar-refractivity contribution is -0.597. The van der Waals surface area contributed by atoms with Gasteiger partial charge in [-0.05, 0) is 78.7 Å². The maximum atomic E-state index is 10.1. The fraction of sp³-hybridized carbons (Fsp3) is 0.0833. The Bertz CT molecular complexity index is 1010. The molecular formula is C24H20IOSi+. The molecule has 3 heteroatoms. The van der Waals surface area contributed by atoms with Gasteiger partial charge in [0.15, 0.2) is 7.14 Å². The second-order valence-electron chi connectivity index (χ2n) is 6.53. The summed E-state index contributed by atoms with van der Waals surface area (Å²) in [6.45, 7) is 3.82. The Balaban J connectivity index is 1.62. The molecule has 0 bridgehead atoms. The van der Waals surface area contributed by atoms with Gasteiger partial charge in [0.2, 0.25) is 8.32 Å². The van der Waals surface area contributed by atoms with E-state index >= 15 is 0 Å². The van der Waals surface area contributed by atoms with Gasteiger partial charge in [0, 0.05) is 11.1 Å². The summed E-state index contributed by atoms with van der Waals surface area (Å²) in [6, 6.07) is 26.9. The molecule has 3 aromatic rings. The van der Waals surface area contributed by atoms with Crippen molar-refractivity contribution in [2.75, 3.05) is 0 Å². The quantitative estimate of drug-likeness (QED) is 0.332. The van der Waals surface area contributed by atoms with Crippen LogP contribution in [0.2, 0.25) is 13.1 Å². The predicted molar refractivity (Wildman–Crippen MR) is 110 cm³/mol. The van der Waals surface area contributed by atoms with E-state index in [1.54, 1.807) is 0 Å². The Hall–Kier alpha value is -2.31. The molecule has 3 aromatic carbocycles. The Morgan fingerprint density at radius 1 is 0.667 bits per heavy atom. The van der Waals surface area contributed by atoms with Crippen LogP contribution in [0.15, 0.2) is 78.9 Å². The van der Waals surface area contributed by atoms with Crippen LogP contribution in [-0.4, -0.2) is 13.1 Å². The third kappa shape index (κ3) is 6.11. The lowest BCUT2D eigenvalue weighted by atomic mass is 10.2. The highest BCUT2D eigenvalue weighted by Gasteiger charge is 2.19. The molecule has 0 aliphatic heterocycles. The maximum Gasteiger partial charge on any atom is 0.357 e. The average molecular weight is 479 g/mol. The van der Waals surface area contributed by atoms with E-state index in [0.717, 1.165) is 16.3 Å². The van der Waals surface area contributed by atoms with Crippen molar-refractivity contribution in [1.82, 2.24) is 0 Å². The summed E-state index contributed by atoms with van der Waals surface area (Å²) in [5.74, 6) is 12.0. The highest BCUT2D eigenvalue weighted by molar-refractivity contribution is 6.83. The highest BCUT2D eigenvalue weighted by Crippen LogP contribution is 2.01. The topological polar surface area (TPSA) is 20.2 Å². The molecule has 0 aliphatic rings. The fourth-order valence-electron chi connectivity index (χ4n) is 2.37. The molecule has 0 aliphatic carbocycles. The summed E-state index contributed by atoms with van der Waals surface area (Å²) in [6.07, 6.45) is 0. The molecule has 0 spiro atoms. The van der Waals surface area contributed by atoms with Crippen molar-refractivity contribution in [2.24, 2.45) is 0 Å². The Morgan fingerprint density at radius 3 is 1.67 bits per heavy atom. The largest absolute Gasteiger partial charge is 0.428 e. The second-order valence-corrected chi connectivity index (χ2v) is 13.3. The molecule has 0 radical (unpaired) electrons. The SMILES string of the molecule is C[Si](C)(O)c1ccc(C#CC#Cc2ccc([I+]c3ccccc3)cc2)cc1. The number of benzene rings is 3. The van der Waals surface area contributed by atoms with Crippen molar-refractivity contribution in [1.29, 1.82) is 0 Å². The van der Waals surface area contributed by atoms with Crippen LogP contribution >= 0.6 is 0 Å². The van der Waals surface area contributed by atoms with E-state index in [9.17, 15) is 4.80 Å². The van der Waals surface area contributed by atoms with Gasteiger partial charge in [0.1, 0.15) is 0 Å². The molecule has 0 unspecified atom stereocenters. The smallest absolute Gasteiger partial charge is 0.357 e. The Labute approximate surface area is 172 Å². The zero-order valence-electron chi connectivity index (χ0n) is 15.3. The lowest BCUT2D eigenvalue weighted by Crippen LogP contribution is -3.61. The van der Waals surface area contributed by atoms with E-state index in [4.69, 9.17) is 0 Å². The highest BCUT2D eigenvalue weighted by atomic mass is 127. The molecule has 0 atom stereocenters. The fourth-order valence-corrected chi connectivity index (χ4v) is 5.56. The molecule has 1 N–H and O–H groups in total. The van der Waals surface area contributed by atoms with Crippen LogP contribution in [0.1, 0.15) is 11.1 Å². The van der Waals surface area contributed by atoms with Crippen molar-refractivity contribution in [3.8, 4) is 23.7 Å². The standard InChI is InChI=1S/C24H20IOSi/c1-27(2,26)24-18-14-21(15-19-24)9-7-6-8-20-12-16-23(17-13-20)25-22-10-4-3-5-11-22/h3-5,10-19,26H,1-2H3/q+1. The number of halogens is 1. The van der Waals surface area contributed by atoms with Gasteiger partial charge in [-0.2, -0.15) is 0 Å². The molecule has 0 saturated heterocycles. The van der Waals surface area contributed by atoms with Crippen LogP contribution in [0.5, 0.6) is 0 Å². The molecular weight excluding hydrogens is 459 g/mol. The number of hydrogen-bond acceptors (Lipinski definition) is 1. The number of hydrogen-bond donors (Lipinski definition) is 1. The molecule has 0 amide bonds. The first-order chi connectivity index (χ1) is 13.0. The van der Waals surface area contributed by atoms with Gasteiger partial charge in [0.05, 0.1) is 0 Å². The summed E-state index contributed by atoms with van der Waals surface area (Å²) in [7, 11) is -2.24. The minimum absolute atomic E-state index is 0.134. The van der Waals surface area contributed by atoms with Gasteiger partial charge in [-0.1, -0.05) is 42.2 Å². The molecule has 132 valence electrons. The summed E-state index contributed by atoms with van der Waals surface area (Å²) < 4.78 is 2.80. The zero-order chi connectivity index (χ0) is 19.1. The molecule has 0 aromatic heterocycles. The molecule has 27 heavy (non-hydrogen) atoms. The summed E-state index contributed by atoms with van der Waals surface area (Å²) in [4.78, 5) is 10.1. The van der Waals surface area contributed by atoms with Crippen LogP contribution in [0.3, 0.4) is 0 Å². The van der Waals surface area contributed by atoms with Crippen molar-refractivity contribution < 1.29 is 26.0 Å². The van der Waals surface area contributed by atoms with Crippen LogP contribution in [0.25, 0.3) is 0 Å². The lowest BCUT2D eigenvalue weighted by Gasteiger charge is -2.13. The van der Waals surface area contributed by atoms with Crippen LogP contribution < -0.4 is 26.4 Å². The summed E-state index contributed by atoms with van der Waals surface area (Å²) in [5.41, 5.74) is 1.89. The van der Waals surface area contributed by atoms with E-state index in [0.29, 0.717) is 0 Å². The van der Waals surface area contributed by atoms with E-state index in [1.165, 1.54) is 7.14 Å². The van der Waals surface area contributed by atoms with Gasteiger partial charge in [0.25, 0.3) is 0 Å². The van der Waals surface area contributed by atoms with E-state index in [2.05, 4.69) is 78.3 Å². The van der Waals surface area contributed by atoms with Gasteiger partial charge in [-0.3, -0.25) is 0 Å². The molecule has 1 nitrogen and oxygen atoms in total. The van der Waals surface area contributed by atoms with E-state index in [-0.39, 0.29) is 21.2 Å². The van der Waals surface area contributed by atoms with Crippen molar-refractivity contribution >= 4 is 13.5 Å². The zero-order valence-corrected chi connectivity index (χ0v) is 18.5. The monoisotopic (exact) mass is 479 g/mol. The summed E-state index contributed by atoms with van der Waals surface area (Å²) in [5, 5.41) is 1.01. The van der Waals surface area contributed by atoms with Crippen molar-refractivity contribution in [2.45, 2.75) is 13.1 Å². The van der Waals surface area contributed by atoms with Crippen molar-refractivity contribution in [3.63, 3.8) is 0 Å². The van der Waals surface area contributed by atoms with Gasteiger partial charge < -0.3 is 4.80 Å². The first-order valence-electron chi connectivity index (χ1n) is 8.65. The third-order valence-electron chi connectivity index (χ3n) is 3.86. The van der Waals surface area contributed by atoms with E-state index < -0.39 is 8.32 Å². The minimum Gasteiger partial charge on any atom is -0.428 e. The third-order valence-corrected chi connectivity index (χ3v) is 8.29. The Kier molecular flexibility index (Phi) is 6.52. The molecule has 0 heterocycles. The minimum atomic E-state index is -2.24. The summed E-state index contributed by atoms with van der Waals surface area (Å²) >= 11 is -0.134. The van der Waals surface area contributed by atoms with E-state index in [1.807, 2.05) is 37.4 Å². The first kappa shape index (κ1) is 19.4. The normalized spacial score (nSPS) is 10.3. The average Bonchev–Trinajstić information content (AvgIpc) is 2.67. The van der Waals surface area contributed by atoms with Gasteiger partial charge >= 0.3 is 21.2 Å².